The fourth-order valence-corrected chi connectivity index (χ4v) is 3.60. The molecular formula is C23H33N3O3. The summed E-state index contributed by atoms with van der Waals surface area (Å²) in [6.07, 6.45) is 3.64. The molecule has 0 saturated carbocycles. The van der Waals surface area contributed by atoms with Crippen LogP contribution in [0.25, 0.3) is 0 Å². The van der Waals surface area contributed by atoms with Crippen molar-refractivity contribution in [1.29, 1.82) is 0 Å². The van der Waals surface area contributed by atoms with Gasteiger partial charge in [0.1, 0.15) is 12.0 Å². The average Bonchev–Trinajstić information content (AvgIpc) is 3.40. The predicted octanol–water partition coefficient (Wildman–Crippen LogP) is 4.36. The number of carbonyl (C=O) groups excluding carboxylic acids is 1. The Morgan fingerprint density at radius 2 is 1.86 bits per heavy atom. The minimum Gasteiger partial charge on any atom is -0.494 e. The molecule has 2 aromatic rings. The summed E-state index contributed by atoms with van der Waals surface area (Å²) in [5.74, 6) is 1.94. The average molecular weight is 400 g/mol. The molecule has 2 heterocycles. The van der Waals surface area contributed by atoms with E-state index in [1.165, 1.54) is 11.8 Å². The fraction of sp³-hybridized carbons (Fsp3) is 0.565. The lowest BCUT2D eigenvalue weighted by Crippen LogP contribution is -2.36. The predicted molar refractivity (Wildman–Crippen MR) is 113 cm³/mol. The third-order valence-electron chi connectivity index (χ3n) is 5.66. The number of likely N-dealkylation sites (tertiary alicyclic amines) is 1. The van der Waals surface area contributed by atoms with E-state index in [1.54, 1.807) is 0 Å². The zero-order chi connectivity index (χ0) is 20.8. The number of rotatable bonds is 9. The lowest BCUT2D eigenvalue weighted by atomic mass is 10.0. The maximum Gasteiger partial charge on any atom is 0.275 e. The monoisotopic (exact) mass is 399 g/mol. The van der Waals surface area contributed by atoms with Gasteiger partial charge >= 0.3 is 0 Å². The van der Waals surface area contributed by atoms with E-state index in [-0.39, 0.29) is 5.91 Å². The maximum atomic E-state index is 12.5. The van der Waals surface area contributed by atoms with Crippen molar-refractivity contribution in [2.75, 3.05) is 19.7 Å². The molecular weight excluding hydrogens is 366 g/mol. The summed E-state index contributed by atoms with van der Waals surface area (Å²) in [7, 11) is 0. The Morgan fingerprint density at radius 1 is 1.17 bits per heavy atom. The standard InChI is InChI=1S/C23H33N3O3/c1-5-28-20-10-8-19(9-11-20)14-26(18(4)17(2)3)15-22-24-21(16-29-22)23(27)25-12-6-7-13-25/h8-11,16-18H,5-7,12-15H2,1-4H3. The first-order valence-electron chi connectivity index (χ1n) is 10.7. The Bertz CT molecular complexity index is 779. The highest BCUT2D eigenvalue weighted by Gasteiger charge is 2.24. The smallest absolute Gasteiger partial charge is 0.275 e. The first-order valence-corrected chi connectivity index (χ1v) is 10.7. The molecule has 1 aliphatic heterocycles. The van der Waals surface area contributed by atoms with E-state index in [4.69, 9.17) is 9.15 Å². The van der Waals surface area contributed by atoms with Gasteiger partial charge in [0.25, 0.3) is 5.91 Å². The number of nitrogens with zero attached hydrogens (tertiary/aromatic N) is 3. The van der Waals surface area contributed by atoms with Gasteiger partial charge < -0.3 is 14.1 Å². The molecule has 1 aromatic heterocycles. The molecule has 6 nitrogen and oxygen atoms in total. The van der Waals surface area contributed by atoms with E-state index < -0.39 is 0 Å². The number of amides is 1. The van der Waals surface area contributed by atoms with Crippen LogP contribution in [0, 0.1) is 5.92 Å². The van der Waals surface area contributed by atoms with Crippen molar-refractivity contribution in [3.63, 3.8) is 0 Å². The second-order valence-electron chi connectivity index (χ2n) is 8.09. The molecule has 158 valence electrons. The molecule has 1 atom stereocenters. The van der Waals surface area contributed by atoms with E-state index in [2.05, 4.69) is 42.8 Å². The van der Waals surface area contributed by atoms with E-state index in [0.717, 1.165) is 38.2 Å². The van der Waals surface area contributed by atoms with Crippen molar-refractivity contribution in [2.45, 2.75) is 59.7 Å². The minimum absolute atomic E-state index is 0.0209. The third kappa shape index (κ3) is 5.60. The van der Waals surface area contributed by atoms with Gasteiger partial charge in [-0.1, -0.05) is 26.0 Å². The topological polar surface area (TPSA) is 58.8 Å². The summed E-state index contributed by atoms with van der Waals surface area (Å²) in [6, 6.07) is 8.56. The molecule has 0 bridgehead atoms. The molecule has 0 N–H and O–H groups in total. The van der Waals surface area contributed by atoms with Crippen LogP contribution in [0.3, 0.4) is 0 Å². The van der Waals surface area contributed by atoms with Gasteiger partial charge in [-0.2, -0.15) is 0 Å². The van der Waals surface area contributed by atoms with Gasteiger partial charge in [-0.15, -0.1) is 0 Å². The van der Waals surface area contributed by atoms with Crippen LogP contribution >= 0.6 is 0 Å². The summed E-state index contributed by atoms with van der Waals surface area (Å²) < 4.78 is 11.2. The summed E-state index contributed by atoms with van der Waals surface area (Å²) >= 11 is 0. The number of oxazole rings is 1. The number of carbonyl (C=O) groups is 1. The second-order valence-corrected chi connectivity index (χ2v) is 8.09. The molecule has 1 amide bonds. The number of hydrogen-bond acceptors (Lipinski definition) is 5. The lowest BCUT2D eigenvalue weighted by Gasteiger charge is -2.30. The number of hydrogen-bond donors (Lipinski definition) is 0. The Morgan fingerprint density at radius 3 is 2.48 bits per heavy atom. The second kappa shape index (κ2) is 9.92. The first-order chi connectivity index (χ1) is 14.0. The minimum atomic E-state index is -0.0209. The van der Waals surface area contributed by atoms with Gasteiger partial charge in [0, 0.05) is 25.7 Å². The molecule has 1 aromatic carbocycles. The summed E-state index contributed by atoms with van der Waals surface area (Å²) in [5.41, 5.74) is 1.63. The van der Waals surface area contributed by atoms with Gasteiger partial charge in [0.2, 0.25) is 5.89 Å². The molecule has 1 aliphatic rings. The van der Waals surface area contributed by atoms with E-state index in [9.17, 15) is 4.79 Å². The molecule has 6 heteroatoms. The van der Waals surface area contributed by atoms with Crippen LogP contribution in [-0.2, 0) is 13.1 Å². The van der Waals surface area contributed by atoms with Crippen molar-refractivity contribution in [2.24, 2.45) is 5.92 Å². The van der Waals surface area contributed by atoms with Crippen LogP contribution in [0.1, 0.15) is 62.5 Å². The van der Waals surface area contributed by atoms with Crippen molar-refractivity contribution in [3.05, 3.63) is 47.7 Å². The van der Waals surface area contributed by atoms with Crippen LogP contribution < -0.4 is 4.74 Å². The van der Waals surface area contributed by atoms with Crippen LogP contribution in [0.5, 0.6) is 5.75 Å². The highest BCUT2D eigenvalue weighted by Crippen LogP contribution is 2.20. The van der Waals surface area contributed by atoms with Gasteiger partial charge in [-0.3, -0.25) is 9.69 Å². The largest absolute Gasteiger partial charge is 0.494 e. The van der Waals surface area contributed by atoms with Crippen LogP contribution in [0.4, 0.5) is 0 Å². The molecule has 0 aliphatic carbocycles. The summed E-state index contributed by atoms with van der Waals surface area (Å²) in [5, 5.41) is 0. The zero-order valence-corrected chi connectivity index (χ0v) is 18.1. The molecule has 1 fully saturated rings. The van der Waals surface area contributed by atoms with Crippen LogP contribution in [0.15, 0.2) is 34.9 Å². The Balaban J connectivity index is 1.69. The molecule has 29 heavy (non-hydrogen) atoms. The Kier molecular flexibility index (Phi) is 7.31. The molecule has 1 unspecified atom stereocenters. The van der Waals surface area contributed by atoms with Gasteiger partial charge in [-0.25, -0.2) is 4.98 Å². The molecule has 0 radical (unpaired) electrons. The molecule has 0 spiro atoms. The maximum absolute atomic E-state index is 12.5. The van der Waals surface area contributed by atoms with Crippen molar-refractivity contribution in [1.82, 2.24) is 14.8 Å². The van der Waals surface area contributed by atoms with Crippen molar-refractivity contribution < 1.29 is 13.9 Å². The lowest BCUT2D eigenvalue weighted by molar-refractivity contribution is 0.0786. The van der Waals surface area contributed by atoms with E-state index in [1.807, 2.05) is 24.0 Å². The SMILES string of the molecule is CCOc1ccc(CN(Cc2nc(C(=O)N3CCCC3)co2)C(C)C(C)C)cc1. The Hall–Kier alpha value is -2.34. The van der Waals surface area contributed by atoms with Crippen LogP contribution in [0.2, 0.25) is 0 Å². The third-order valence-corrected chi connectivity index (χ3v) is 5.66. The molecule has 3 rings (SSSR count). The number of aromatic nitrogens is 1. The van der Waals surface area contributed by atoms with E-state index >= 15 is 0 Å². The highest BCUT2D eigenvalue weighted by atomic mass is 16.5. The normalized spacial score (nSPS) is 15.3. The zero-order valence-electron chi connectivity index (χ0n) is 18.1. The van der Waals surface area contributed by atoms with Gasteiger partial charge in [0.15, 0.2) is 5.69 Å². The Labute approximate surface area is 173 Å². The van der Waals surface area contributed by atoms with Crippen LogP contribution in [-0.4, -0.2) is 46.4 Å². The molecule has 1 saturated heterocycles. The fourth-order valence-electron chi connectivity index (χ4n) is 3.60. The highest BCUT2D eigenvalue weighted by molar-refractivity contribution is 5.92. The number of ether oxygens (including phenoxy) is 1. The summed E-state index contributed by atoms with van der Waals surface area (Å²) in [4.78, 5) is 21.2. The van der Waals surface area contributed by atoms with Crippen molar-refractivity contribution in [3.8, 4) is 5.75 Å². The first kappa shape index (κ1) is 21.4. The van der Waals surface area contributed by atoms with Gasteiger partial charge in [-0.05, 0) is 50.3 Å². The summed E-state index contributed by atoms with van der Waals surface area (Å²) in [6.45, 7) is 12.3. The van der Waals surface area contributed by atoms with Gasteiger partial charge in [0.05, 0.1) is 13.2 Å². The quantitative estimate of drug-likeness (QED) is 0.627. The van der Waals surface area contributed by atoms with Crippen molar-refractivity contribution >= 4 is 5.91 Å². The number of benzene rings is 1. The van der Waals surface area contributed by atoms with E-state index in [0.29, 0.717) is 36.7 Å².